The highest BCUT2D eigenvalue weighted by Crippen LogP contribution is 2.37. The minimum absolute atomic E-state index is 0.0687. The maximum atomic E-state index is 12.3. The van der Waals surface area contributed by atoms with Gasteiger partial charge in [0, 0.05) is 17.8 Å². The van der Waals surface area contributed by atoms with Crippen LogP contribution in [0.2, 0.25) is 0 Å². The Morgan fingerprint density at radius 1 is 1.23 bits per heavy atom. The molecule has 0 unspecified atom stereocenters. The van der Waals surface area contributed by atoms with E-state index in [0.29, 0.717) is 6.54 Å². The Kier molecular flexibility index (Phi) is 4.57. The first-order valence-corrected chi connectivity index (χ1v) is 8.69. The van der Waals surface area contributed by atoms with Gasteiger partial charge in [0.15, 0.2) is 0 Å². The Morgan fingerprint density at radius 2 is 1.91 bits per heavy atom. The zero-order chi connectivity index (χ0) is 15.5. The average molecular weight is 320 g/mol. The van der Waals surface area contributed by atoms with E-state index in [4.69, 9.17) is 0 Å². The van der Waals surface area contributed by atoms with Gasteiger partial charge in [-0.05, 0) is 24.3 Å². The lowest BCUT2D eigenvalue weighted by atomic mass is 9.81. The number of amides is 3. The number of thiophene rings is 1. The molecule has 5 nitrogen and oxygen atoms in total. The van der Waals surface area contributed by atoms with Gasteiger partial charge in [-0.1, -0.05) is 18.9 Å². The van der Waals surface area contributed by atoms with E-state index in [1.165, 1.54) is 4.90 Å². The second-order valence-electron chi connectivity index (χ2n) is 5.93. The van der Waals surface area contributed by atoms with Crippen LogP contribution in [0.3, 0.4) is 0 Å². The van der Waals surface area contributed by atoms with E-state index in [9.17, 15) is 14.4 Å². The van der Waals surface area contributed by atoms with Crippen molar-refractivity contribution in [3.63, 3.8) is 0 Å². The summed E-state index contributed by atoms with van der Waals surface area (Å²) in [7, 11) is 0. The molecule has 0 aromatic carbocycles. The van der Waals surface area contributed by atoms with Gasteiger partial charge in [-0.2, -0.15) is 0 Å². The highest BCUT2D eigenvalue weighted by atomic mass is 32.1. The van der Waals surface area contributed by atoms with E-state index in [2.05, 4.69) is 5.32 Å². The summed E-state index contributed by atoms with van der Waals surface area (Å²) in [4.78, 5) is 38.8. The molecule has 2 heterocycles. The largest absolute Gasteiger partial charge is 0.351 e. The molecule has 2 atom stereocenters. The number of carbonyl (C=O) groups excluding carboxylic acids is 3. The van der Waals surface area contributed by atoms with Gasteiger partial charge in [0.2, 0.25) is 17.7 Å². The van der Waals surface area contributed by atoms with Gasteiger partial charge in [-0.25, -0.2) is 0 Å². The molecule has 3 rings (SSSR count). The number of imide groups is 1. The molecule has 1 saturated heterocycles. The molecule has 1 aromatic heterocycles. The van der Waals surface area contributed by atoms with E-state index in [1.807, 2.05) is 17.5 Å². The van der Waals surface area contributed by atoms with Crippen molar-refractivity contribution in [2.24, 2.45) is 11.8 Å². The van der Waals surface area contributed by atoms with Crippen LogP contribution in [-0.2, 0) is 20.9 Å². The molecule has 118 valence electrons. The molecule has 0 radical (unpaired) electrons. The van der Waals surface area contributed by atoms with Crippen molar-refractivity contribution >= 4 is 29.1 Å². The monoisotopic (exact) mass is 320 g/mol. The van der Waals surface area contributed by atoms with Crippen LogP contribution >= 0.6 is 11.3 Å². The number of rotatable bonds is 5. The van der Waals surface area contributed by atoms with Crippen LogP contribution in [0.5, 0.6) is 0 Å². The summed E-state index contributed by atoms with van der Waals surface area (Å²) in [6, 6.07) is 3.90. The van der Waals surface area contributed by atoms with Crippen LogP contribution in [0.25, 0.3) is 0 Å². The minimum atomic E-state index is -0.129. The third kappa shape index (κ3) is 3.06. The lowest BCUT2D eigenvalue weighted by Crippen LogP contribution is -2.35. The molecular weight excluding hydrogens is 300 g/mol. The summed E-state index contributed by atoms with van der Waals surface area (Å²) >= 11 is 1.59. The molecule has 0 spiro atoms. The topological polar surface area (TPSA) is 66.5 Å². The fourth-order valence-electron chi connectivity index (χ4n) is 3.35. The van der Waals surface area contributed by atoms with Gasteiger partial charge in [0.25, 0.3) is 0 Å². The molecule has 0 bridgehead atoms. The standard InChI is InChI=1S/C16H20N2O3S/c19-14(17-10-11-4-3-9-22-11)7-8-18-15(20)12-5-1-2-6-13(12)16(18)21/h3-4,9,12-13H,1-2,5-8,10H2,(H,17,19)/t12-,13-/m0/s1. The van der Waals surface area contributed by atoms with Gasteiger partial charge >= 0.3 is 0 Å². The van der Waals surface area contributed by atoms with Crippen LogP contribution in [-0.4, -0.2) is 29.2 Å². The van der Waals surface area contributed by atoms with E-state index in [0.717, 1.165) is 30.6 Å². The number of carbonyl (C=O) groups is 3. The lowest BCUT2D eigenvalue weighted by Gasteiger charge is -2.19. The Hall–Kier alpha value is -1.69. The maximum Gasteiger partial charge on any atom is 0.233 e. The third-order valence-corrected chi connectivity index (χ3v) is 5.41. The van der Waals surface area contributed by atoms with Crippen molar-refractivity contribution < 1.29 is 14.4 Å². The predicted molar refractivity (Wildman–Crippen MR) is 83.0 cm³/mol. The molecular formula is C16H20N2O3S. The number of fused-ring (bicyclic) bond motifs is 1. The smallest absolute Gasteiger partial charge is 0.233 e. The molecule has 22 heavy (non-hydrogen) atoms. The Labute approximate surface area is 133 Å². The summed E-state index contributed by atoms with van der Waals surface area (Å²) in [6.07, 6.45) is 3.86. The number of hydrogen-bond donors (Lipinski definition) is 1. The van der Waals surface area contributed by atoms with E-state index in [1.54, 1.807) is 11.3 Å². The first-order chi connectivity index (χ1) is 10.7. The van der Waals surface area contributed by atoms with E-state index >= 15 is 0 Å². The first-order valence-electron chi connectivity index (χ1n) is 7.81. The second-order valence-corrected chi connectivity index (χ2v) is 6.96. The highest BCUT2D eigenvalue weighted by molar-refractivity contribution is 7.09. The molecule has 1 saturated carbocycles. The van der Waals surface area contributed by atoms with Crippen LogP contribution < -0.4 is 5.32 Å². The van der Waals surface area contributed by atoms with Crippen LogP contribution in [0.1, 0.15) is 37.0 Å². The molecule has 1 N–H and O–H groups in total. The Balaban J connectivity index is 1.49. The lowest BCUT2D eigenvalue weighted by molar-refractivity contribution is -0.140. The van der Waals surface area contributed by atoms with Gasteiger partial charge in [0.05, 0.1) is 18.4 Å². The van der Waals surface area contributed by atoms with Crippen LogP contribution in [0.15, 0.2) is 17.5 Å². The molecule has 1 aliphatic carbocycles. The Morgan fingerprint density at radius 3 is 2.50 bits per heavy atom. The average Bonchev–Trinajstić information content (AvgIpc) is 3.13. The van der Waals surface area contributed by atoms with Crippen molar-refractivity contribution in [2.75, 3.05) is 6.54 Å². The first kappa shape index (κ1) is 15.2. The number of likely N-dealkylation sites (tertiary alicyclic amines) is 1. The fourth-order valence-corrected chi connectivity index (χ4v) is 4.00. The molecule has 6 heteroatoms. The zero-order valence-electron chi connectivity index (χ0n) is 12.4. The highest BCUT2D eigenvalue weighted by Gasteiger charge is 2.47. The molecule has 2 aliphatic rings. The molecule has 3 amide bonds. The SMILES string of the molecule is O=C(CCN1C(=O)[C@H]2CCCC[C@@H]2C1=O)NCc1cccs1. The summed E-state index contributed by atoms with van der Waals surface area (Å²) in [6.45, 7) is 0.713. The minimum Gasteiger partial charge on any atom is -0.351 e. The van der Waals surface area contributed by atoms with Crippen molar-refractivity contribution in [2.45, 2.75) is 38.6 Å². The number of nitrogens with one attached hydrogen (secondary N) is 1. The zero-order valence-corrected chi connectivity index (χ0v) is 13.2. The van der Waals surface area contributed by atoms with Crippen molar-refractivity contribution in [3.05, 3.63) is 22.4 Å². The van der Waals surface area contributed by atoms with Gasteiger partial charge < -0.3 is 5.32 Å². The van der Waals surface area contributed by atoms with Gasteiger partial charge in [-0.15, -0.1) is 11.3 Å². The molecule has 2 fully saturated rings. The normalized spacial score (nSPS) is 24.5. The Bertz CT molecular complexity index is 546. The quantitative estimate of drug-likeness (QED) is 0.843. The molecule has 1 aliphatic heterocycles. The van der Waals surface area contributed by atoms with Crippen molar-refractivity contribution in [3.8, 4) is 0 Å². The van der Waals surface area contributed by atoms with E-state index < -0.39 is 0 Å². The summed E-state index contributed by atoms with van der Waals surface area (Å²) in [5.74, 6) is -0.517. The van der Waals surface area contributed by atoms with Crippen molar-refractivity contribution in [1.82, 2.24) is 10.2 Å². The van der Waals surface area contributed by atoms with E-state index in [-0.39, 0.29) is 42.5 Å². The second kappa shape index (κ2) is 6.60. The van der Waals surface area contributed by atoms with Gasteiger partial charge in [0.1, 0.15) is 0 Å². The maximum absolute atomic E-state index is 12.3. The predicted octanol–water partition coefficient (Wildman–Crippen LogP) is 1.93. The summed E-state index contributed by atoms with van der Waals surface area (Å²) < 4.78 is 0. The fraction of sp³-hybridized carbons (Fsp3) is 0.562. The third-order valence-electron chi connectivity index (χ3n) is 4.53. The van der Waals surface area contributed by atoms with Crippen LogP contribution in [0, 0.1) is 11.8 Å². The van der Waals surface area contributed by atoms with Crippen LogP contribution in [0.4, 0.5) is 0 Å². The van der Waals surface area contributed by atoms with Gasteiger partial charge in [-0.3, -0.25) is 19.3 Å². The molecule has 1 aromatic rings. The summed E-state index contributed by atoms with van der Waals surface area (Å²) in [5.41, 5.74) is 0. The summed E-state index contributed by atoms with van der Waals surface area (Å²) in [5, 5.41) is 4.79. The number of nitrogens with zero attached hydrogens (tertiary/aromatic N) is 1. The number of hydrogen-bond acceptors (Lipinski definition) is 4. The van der Waals surface area contributed by atoms with Crippen molar-refractivity contribution in [1.29, 1.82) is 0 Å².